The summed E-state index contributed by atoms with van der Waals surface area (Å²) in [5, 5.41) is -0.464. The monoisotopic (exact) mass is 1280 g/mol. The van der Waals surface area contributed by atoms with Gasteiger partial charge in [-0.25, -0.2) is 0 Å². The van der Waals surface area contributed by atoms with Crippen LogP contribution in [0.25, 0.3) is 32.7 Å². The number of fused-ring (bicyclic) bond motifs is 2. The summed E-state index contributed by atoms with van der Waals surface area (Å²) in [4.78, 5) is 0. The number of halogens is 34. The molecule has 1 atom stereocenters. The van der Waals surface area contributed by atoms with E-state index in [1.54, 1.807) is 0 Å². The minimum Gasteiger partial charge on any atom is -0.323 e. The Labute approximate surface area is 432 Å². The first-order valence-electron chi connectivity index (χ1n) is 21.7. The molecule has 0 saturated heterocycles. The van der Waals surface area contributed by atoms with Gasteiger partial charge < -0.3 is 5.73 Å². The van der Waals surface area contributed by atoms with Crippen LogP contribution in [-0.4, -0.2) is 117 Å². The van der Waals surface area contributed by atoms with E-state index in [-0.39, 0.29) is 43.0 Å². The number of rotatable bonds is 21. The summed E-state index contributed by atoms with van der Waals surface area (Å²) in [6, 6.07) is 7.08. The zero-order valence-electron chi connectivity index (χ0n) is 40.1. The minimum absolute atomic E-state index is 0.00860. The predicted octanol–water partition coefficient (Wildman–Crippen LogP) is 17.2. The van der Waals surface area contributed by atoms with Crippen molar-refractivity contribution >= 4 is 48.1 Å². The molecule has 1 nitrogen and oxygen atoms in total. The van der Waals surface area contributed by atoms with Crippen LogP contribution in [0.3, 0.4) is 0 Å². The highest BCUT2D eigenvalue weighted by molar-refractivity contribution is 6.92. The fourth-order valence-electron chi connectivity index (χ4n) is 8.40. The molecule has 4 aromatic carbocycles. The lowest BCUT2D eigenvalue weighted by Gasteiger charge is -2.44. The molecule has 460 valence electrons. The number of alkyl halides is 34. The molecule has 0 saturated carbocycles. The maximum Gasteiger partial charge on any atom is 0.460 e. The lowest BCUT2D eigenvalue weighted by atomic mass is 9.87. The Hall–Kier alpha value is -4.59. The number of hydrogen-bond acceptors (Lipinski definition) is 1. The highest BCUT2D eigenvalue weighted by Gasteiger charge is 2.97. The SMILES string of the molecule is C[Si](C)(CCC(F)(F)C(F)(F)C(F)(F)C(F)(F)C(F)(F)C(F)(F)C(F)(F)C(F)(F)F)c1ccc(-c2ccc([Si](C)(C)C[C@H](N)C(F)(F)C(F)(F)C(F)(F)C(F)(F)C(F)(F)C(F)(F)C(F)(F)C(F)(F)F)c3ccccc23)c2ccccc12. The van der Waals surface area contributed by atoms with Gasteiger partial charge >= 0.3 is 95.3 Å². The van der Waals surface area contributed by atoms with Crippen LogP contribution in [-0.2, 0) is 0 Å². The Bertz CT molecular complexity index is 2950. The molecule has 0 aromatic heterocycles. The number of hydrogen-bond donors (Lipinski definition) is 1. The third kappa shape index (κ3) is 9.82. The Morgan fingerprint density at radius 3 is 0.889 bits per heavy atom. The van der Waals surface area contributed by atoms with Crippen molar-refractivity contribution in [3.8, 4) is 11.1 Å². The van der Waals surface area contributed by atoms with Crippen LogP contribution in [0.1, 0.15) is 6.42 Å². The fourth-order valence-corrected chi connectivity index (χ4v) is 14.1. The van der Waals surface area contributed by atoms with Crippen LogP contribution < -0.4 is 16.1 Å². The standard InChI is InChI=1S/C44H33F34NSi2/c1-80(2,18-17-29(45,46)31(49,50)33(53,54)35(57,58)37(61,62)39(65,66)41(69,70)43(73,74)75)26-15-13-22(20-9-5-7-11-24(20)26)23-14-16-27(25-12-8-6-10-21(23)25)81(3,4)19-28(79)30(47,48)32(51,52)34(55,56)36(59,60)38(63,64)40(67,68)42(71,72)44(76,77)78/h5-16,28H,17-19,79H2,1-4H3/t28-/m0/s1. The van der Waals surface area contributed by atoms with E-state index in [2.05, 4.69) is 0 Å². The van der Waals surface area contributed by atoms with Gasteiger partial charge in [-0.3, -0.25) is 0 Å². The lowest BCUT2D eigenvalue weighted by molar-refractivity contribution is -0.462. The third-order valence-electron chi connectivity index (χ3n) is 13.4. The molecule has 0 unspecified atom stereocenters. The third-order valence-corrected chi connectivity index (χ3v) is 20.1. The van der Waals surface area contributed by atoms with Gasteiger partial charge in [-0.05, 0) is 44.8 Å². The fraction of sp³-hybridized carbons (Fsp3) is 0.545. The molecule has 0 amide bonds. The van der Waals surface area contributed by atoms with Gasteiger partial charge in [-0.15, -0.1) is 0 Å². The van der Waals surface area contributed by atoms with E-state index in [1.807, 2.05) is 0 Å². The highest BCUT2D eigenvalue weighted by Crippen LogP contribution is 2.66. The van der Waals surface area contributed by atoms with E-state index in [1.165, 1.54) is 48.5 Å². The van der Waals surface area contributed by atoms with Gasteiger partial charge in [0, 0.05) is 6.42 Å². The summed E-state index contributed by atoms with van der Waals surface area (Å²) >= 11 is 0. The van der Waals surface area contributed by atoms with Crippen molar-refractivity contribution in [2.75, 3.05) is 0 Å². The zero-order valence-corrected chi connectivity index (χ0v) is 42.1. The van der Waals surface area contributed by atoms with Crippen molar-refractivity contribution in [3.63, 3.8) is 0 Å². The van der Waals surface area contributed by atoms with Crippen LogP contribution >= 0.6 is 0 Å². The molecule has 4 aromatic rings. The Balaban J connectivity index is 1.75. The molecular formula is C44H33F34NSi2. The summed E-state index contributed by atoms with van der Waals surface area (Å²) in [6.07, 6.45) is -18.7. The summed E-state index contributed by atoms with van der Waals surface area (Å²) in [7, 11) is -8.27. The first-order chi connectivity index (χ1) is 35.5. The van der Waals surface area contributed by atoms with Crippen LogP contribution in [0.15, 0.2) is 72.8 Å². The molecule has 0 radical (unpaired) electrons. The van der Waals surface area contributed by atoms with Crippen LogP contribution in [0, 0.1) is 0 Å². The second-order valence-electron chi connectivity index (χ2n) is 19.7. The number of benzene rings is 4. The smallest absolute Gasteiger partial charge is 0.323 e. The molecule has 0 heterocycles. The Morgan fingerprint density at radius 2 is 0.580 bits per heavy atom. The Kier molecular flexibility index (Phi) is 16.8. The first kappa shape index (κ1) is 68.9. The molecule has 0 aliphatic carbocycles. The van der Waals surface area contributed by atoms with Crippen LogP contribution in [0.4, 0.5) is 149 Å². The topological polar surface area (TPSA) is 26.0 Å². The first-order valence-corrected chi connectivity index (χ1v) is 28.2. The van der Waals surface area contributed by atoms with E-state index in [9.17, 15) is 132 Å². The summed E-state index contributed by atoms with van der Waals surface area (Å²) in [5.41, 5.74) is 5.20. The molecule has 0 bridgehead atoms. The molecule has 81 heavy (non-hydrogen) atoms. The van der Waals surface area contributed by atoms with Crippen molar-refractivity contribution in [3.05, 3.63) is 72.8 Å². The van der Waals surface area contributed by atoms with Crippen molar-refractivity contribution in [2.24, 2.45) is 5.73 Å². The van der Waals surface area contributed by atoms with E-state index in [4.69, 9.17) is 5.73 Å². The van der Waals surface area contributed by atoms with Crippen molar-refractivity contribution in [2.45, 2.75) is 146 Å². The van der Waals surface area contributed by atoms with Gasteiger partial charge in [-0.2, -0.15) is 149 Å². The van der Waals surface area contributed by atoms with Gasteiger partial charge in [0.1, 0.15) is 0 Å². The largest absolute Gasteiger partial charge is 0.460 e. The van der Waals surface area contributed by atoms with E-state index < -0.39 is 136 Å². The van der Waals surface area contributed by atoms with Crippen LogP contribution in [0.2, 0.25) is 38.3 Å². The van der Waals surface area contributed by atoms with Crippen molar-refractivity contribution in [1.29, 1.82) is 0 Å². The lowest BCUT2D eigenvalue weighted by Crippen LogP contribution is -2.75. The second kappa shape index (κ2) is 19.7. The molecule has 2 N–H and O–H groups in total. The number of nitrogens with two attached hydrogens (primary N) is 1. The molecule has 4 rings (SSSR count). The second-order valence-corrected chi connectivity index (χ2v) is 29.2. The summed E-state index contributed by atoms with van der Waals surface area (Å²) in [6.45, 7) is 3.95. The highest BCUT2D eigenvalue weighted by atomic mass is 28.3. The summed E-state index contributed by atoms with van der Waals surface area (Å²) < 4.78 is 476. The van der Waals surface area contributed by atoms with Crippen molar-refractivity contribution in [1.82, 2.24) is 0 Å². The maximum atomic E-state index is 15.4. The quantitative estimate of drug-likeness (QED) is 0.0653. The van der Waals surface area contributed by atoms with Crippen molar-refractivity contribution < 1.29 is 149 Å². The predicted molar refractivity (Wildman–Crippen MR) is 225 cm³/mol. The zero-order chi connectivity index (χ0) is 63.8. The summed E-state index contributed by atoms with van der Waals surface area (Å²) in [5.74, 6) is -116. The molecule has 0 aliphatic rings. The molecule has 0 fully saturated rings. The van der Waals surface area contributed by atoms with Gasteiger partial charge in [0.15, 0.2) is 0 Å². The Morgan fingerprint density at radius 1 is 0.321 bits per heavy atom. The maximum absolute atomic E-state index is 15.4. The van der Waals surface area contributed by atoms with Crippen LogP contribution in [0.5, 0.6) is 0 Å². The molecule has 0 spiro atoms. The average Bonchev–Trinajstić information content (AvgIpc) is 3.31. The molecular weight excluding hydrogens is 1240 g/mol. The van der Waals surface area contributed by atoms with Gasteiger partial charge in [0.05, 0.1) is 22.2 Å². The van der Waals surface area contributed by atoms with Gasteiger partial charge in [-0.1, -0.05) is 109 Å². The molecule has 37 heteroatoms. The molecule has 0 aliphatic heterocycles. The normalized spacial score (nSPS) is 16.2. The van der Waals surface area contributed by atoms with E-state index >= 15 is 17.6 Å². The van der Waals surface area contributed by atoms with E-state index in [0.717, 1.165) is 50.5 Å². The average molecular weight is 1280 g/mol. The van der Waals surface area contributed by atoms with Gasteiger partial charge in [0.2, 0.25) is 0 Å². The minimum atomic E-state index is -8.89. The van der Waals surface area contributed by atoms with E-state index in [0.29, 0.717) is 0 Å². The van der Waals surface area contributed by atoms with Gasteiger partial charge in [0.25, 0.3) is 0 Å².